The van der Waals surface area contributed by atoms with Gasteiger partial charge in [0, 0.05) is 6.92 Å². The summed E-state index contributed by atoms with van der Waals surface area (Å²) in [5.74, 6) is -0.900. The van der Waals surface area contributed by atoms with Crippen molar-refractivity contribution >= 4 is 21.7 Å². The van der Waals surface area contributed by atoms with Crippen LogP contribution in [-0.4, -0.2) is 10.8 Å². The van der Waals surface area contributed by atoms with Crippen LogP contribution in [0, 0.1) is 12.7 Å². The Morgan fingerprint density at radius 3 is 2.75 bits per heavy atom. The van der Waals surface area contributed by atoms with Crippen molar-refractivity contribution in [3.63, 3.8) is 0 Å². The molecule has 0 spiro atoms. The Hall–Kier alpha value is -0.770. The van der Waals surface area contributed by atoms with Gasteiger partial charge in [-0.05, 0) is 34.5 Å². The number of ketones is 1. The quantitative estimate of drug-likeness (QED) is 0.550. The molecule has 0 aliphatic carbocycles. The first-order chi connectivity index (χ1) is 5.52. The summed E-state index contributed by atoms with van der Waals surface area (Å²) in [6.45, 7) is 2.88. The highest BCUT2D eigenvalue weighted by molar-refractivity contribution is 9.10. The van der Waals surface area contributed by atoms with E-state index in [4.69, 9.17) is 0 Å². The smallest absolute Gasteiger partial charge is 0.181 e. The third kappa shape index (κ3) is 1.69. The Kier molecular flexibility index (Phi) is 2.57. The summed E-state index contributed by atoms with van der Waals surface area (Å²) in [6.07, 6.45) is 0. The Labute approximate surface area is 77.9 Å². The summed E-state index contributed by atoms with van der Waals surface area (Å²) >= 11 is 3.09. The lowest BCUT2D eigenvalue weighted by Gasteiger charge is -2.01. The largest absolute Gasteiger partial charge is 0.293 e. The molecule has 0 radical (unpaired) electrons. The molecule has 1 rings (SSSR count). The second kappa shape index (κ2) is 3.31. The first-order valence-electron chi connectivity index (χ1n) is 3.36. The monoisotopic (exact) mass is 231 g/mol. The lowest BCUT2D eigenvalue weighted by Crippen LogP contribution is -2.03. The Morgan fingerprint density at radius 2 is 2.25 bits per heavy atom. The average molecular weight is 232 g/mol. The van der Waals surface area contributed by atoms with Gasteiger partial charge >= 0.3 is 0 Å². The van der Waals surface area contributed by atoms with Gasteiger partial charge in [-0.2, -0.15) is 0 Å². The van der Waals surface area contributed by atoms with E-state index in [-0.39, 0.29) is 11.5 Å². The van der Waals surface area contributed by atoms with Crippen molar-refractivity contribution in [2.24, 2.45) is 0 Å². The molecule has 1 aromatic rings. The minimum atomic E-state index is -0.536. The lowest BCUT2D eigenvalue weighted by molar-refractivity contribution is 0.100. The van der Waals surface area contributed by atoms with Crippen molar-refractivity contribution in [2.45, 2.75) is 13.8 Å². The third-order valence-electron chi connectivity index (χ3n) is 1.44. The molecule has 0 atom stereocenters. The van der Waals surface area contributed by atoms with E-state index in [1.165, 1.54) is 13.0 Å². The van der Waals surface area contributed by atoms with Gasteiger partial charge in [0.05, 0.1) is 0 Å². The van der Waals surface area contributed by atoms with Gasteiger partial charge in [0.2, 0.25) is 0 Å². The summed E-state index contributed by atoms with van der Waals surface area (Å²) in [5.41, 5.74) is 0.309. The SMILES string of the molecule is CC(=O)c1nc(Br)cc(C)c1F. The molecule has 2 nitrogen and oxygen atoms in total. The predicted molar refractivity (Wildman–Crippen MR) is 46.6 cm³/mol. The number of carbonyl (C=O) groups excluding carboxylic acids is 1. The molecule has 0 aromatic carbocycles. The molecule has 0 unspecified atom stereocenters. The van der Waals surface area contributed by atoms with Crippen LogP contribution < -0.4 is 0 Å². The number of hydrogen-bond donors (Lipinski definition) is 0. The normalized spacial score (nSPS) is 10.0. The lowest BCUT2D eigenvalue weighted by atomic mass is 10.2. The number of nitrogens with zero attached hydrogens (tertiary/aromatic N) is 1. The second-order valence-corrected chi connectivity index (χ2v) is 3.29. The van der Waals surface area contributed by atoms with E-state index >= 15 is 0 Å². The van der Waals surface area contributed by atoms with Crippen LogP contribution in [0.4, 0.5) is 4.39 Å². The highest BCUT2D eigenvalue weighted by atomic mass is 79.9. The van der Waals surface area contributed by atoms with Gasteiger partial charge in [-0.1, -0.05) is 0 Å². The Balaban J connectivity index is 3.37. The summed E-state index contributed by atoms with van der Waals surface area (Å²) in [7, 11) is 0. The Bertz CT molecular complexity index is 338. The molecule has 0 aliphatic rings. The Morgan fingerprint density at radius 1 is 1.67 bits per heavy atom. The fourth-order valence-electron chi connectivity index (χ4n) is 0.850. The van der Waals surface area contributed by atoms with E-state index in [9.17, 15) is 9.18 Å². The number of aryl methyl sites for hydroxylation is 1. The predicted octanol–water partition coefficient (Wildman–Crippen LogP) is 2.49. The molecule has 1 heterocycles. The van der Waals surface area contributed by atoms with Crippen molar-refractivity contribution in [1.82, 2.24) is 4.98 Å². The molecule has 0 saturated carbocycles. The molecule has 0 N–H and O–H groups in total. The third-order valence-corrected chi connectivity index (χ3v) is 1.85. The molecule has 4 heteroatoms. The molecule has 0 aliphatic heterocycles. The van der Waals surface area contributed by atoms with E-state index in [1.54, 1.807) is 6.92 Å². The van der Waals surface area contributed by atoms with Crippen molar-refractivity contribution in [3.8, 4) is 0 Å². The van der Waals surface area contributed by atoms with Crippen LogP contribution in [0.15, 0.2) is 10.7 Å². The summed E-state index contributed by atoms with van der Waals surface area (Å²) in [5, 5.41) is 0. The summed E-state index contributed by atoms with van der Waals surface area (Å²) in [6, 6.07) is 1.53. The minimum Gasteiger partial charge on any atom is -0.293 e. The highest BCUT2D eigenvalue weighted by Gasteiger charge is 2.12. The van der Waals surface area contributed by atoms with E-state index in [2.05, 4.69) is 20.9 Å². The van der Waals surface area contributed by atoms with Crippen LogP contribution in [0.5, 0.6) is 0 Å². The van der Waals surface area contributed by atoms with Crippen LogP contribution in [0.1, 0.15) is 23.0 Å². The van der Waals surface area contributed by atoms with E-state index < -0.39 is 5.82 Å². The van der Waals surface area contributed by atoms with Crippen LogP contribution in [-0.2, 0) is 0 Å². The van der Waals surface area contributed by atoms with Gasteiger partial charge in [0.15, 0.2) is 11.6 Å². The van der Waals surface area contributed by atoms with Gasteiger partial charge in [0.1, 0.15) is 10.3 Å². The first-order valence-corrected chi connectivity index (χ1v) is 4.15. The van der Waals surface area contributed by atoms with Crippen molar-refractivity contribution in [2.75, 3.05) is 0 Å². The fourth-order valence-corrected chi connectivity index (χ4v) is 1.37. The number of carbonyl (C=O) groups is 1. The zero-order valence-electron chi connectivity index (χ0n) is 6.69. The van der Waals surface area contributed by atoms with E-state index in [1.807, 2.05) is 0 Å². The molecule has 0 fully saturated rings. The van der Waals surface area contributed by atoms with Gasteiger partial charge in [0.25, 0.3) is 0 Å². The highest BCUT2D eigenvalue weighted by Crippen LogP contribution is 2.15. The maximum absolute atomic E-state index is 13.1. The maximum Gasteiger partial charge on any atom is 0.181 e. The van der Waals surface area contributed by atoms with Gasteiger partial charge in [-0.25, -0.2) is 9.37 Å². The minimum absolute atomic E-state index is 0.109. The fraction of sp³-hybridized carbons (Fsp3) is 0.250. The van der Waals surface area contributed by atoms with Gasteiger partial charge in [-0.15, -0.1) is 0 Å². The first kappa shape index (κ1) is 9.32. The van der Waals surface area contributed by atoms with Gasteiger partial charge in [-0.3, -0.25) is 4.79 Å². The number of aromatic nitrogens is 1. The number of rotatable bonds is 1. The average Bonchev–Trinajstić information content (AvgIpc) is 1.96. The van der Waals surface area contributed by atoms with Crippen LogP contribution >= 0.6 is 15.9 Å². The zero-order valence-corrected chi connectivity index (χ0v) is 8.27. The molecule has 0 bridgehead atoms. The van der Waals surface area contributed by atoms with E-state index in [0.717, 1.165) is 0 Å². The molecular weight excluding hydrogens is 225 g/mol. The molecule has 0 amide bonds. The number of halogens is 2. The van der Waals surface area contributed by atoms with Gasteiger partial charge < -0.3 is 0 Å². The standard InChI is InChI=1S/C8H7BrFNO/c1-4-3-6(9)11-8(5(2)12)7(4)10/h3H,1-2H3. The molecule has 64 valence electrons. The molecular formula is C8H7BrFNO. The number of Topliss-reactive ketones (excluding diaryl/α,β-unsaturated/α-hetero) is 1. The van der Waals surface area contributed by atoms with Crippen molar-refractivity contribution < 1.29 is 9.18 Å². The molecule has 1 aromatic heterocycles. The summed E-state index contributed by atoms with van der Waals surface area (Å²) in [4.78, 5) is 14.6. The zero-order chi connectivity index (χ0) is 9.30. The second-order valence-electron chi connectivity index (χ2n) is 2.48. The molecule has 12 heavy (non-hydrogen) atoms. The van der Waals surface area contributed by atoms with E-state index in [0.29, 0.717) is 10.2 Å². The topological polar surface area (TPSA) is 30.0 Å². The van der Waals surface area contributed by atoms with Crippen molar-refractivity contribution in [1.29, 1.82) is 0 Å². The number of pyridine rings is 1. The van der Waals surface area contributed by atoms with Crippen molar-refractivity contribution in [3.05, 3.63) is 27.7 Å². The van der Waals surface area contributed by atoms with Crippen LogP contribution in [0.2, 0.25) is 0 Å². The maximum atomic E-state index is 13.1. The van der Waals surface area contributed by atoms with Crippen LogP contribution in [0.25, 0.3) is 0 Å². The van der Waals surface area contributed by atoms with Crippen LogP contribution in [0.3, 0.4) is 0 Å². The summed E-state index contributed by atoms with van der Waals surface area (Å²) < 4.78 is 13.6. The number of hydrogen-bond acceptors (Lipinski definition) is 2. The molecule has 0 saturated heterocycles.